The molecule has 0 aliphatic carbocycles. The molecule has 25 heavy (non-hydrogen) atoms. The molecule has 0 radical (unpaired) electrons. The number of methoxy groups -OCH3 is 2. The zero-order chi connectivity index (χ0) is 18.1. The summed E-state index contributed by atoms with van der Waals surface area (Å²) in [5.74, 6) is 1.32. The van der Waals surface area contributed by atoms with Crippen molar-refractivity contribution in [1.29, 1.82) is 0 Å². The maximum absolute atomic E-state index is 11.8. The second-order valence-electron chi connectivity index (χ2n) is 5.70. The molecule has 0 amide bonds. The fourth-order valence-corrected chi connectivity index (χ4v) is 2.40. The fraction of sp³-hybridized carbons (Fsp3) is 0.350. The highest BCUT2D eigenvalue weighted by atomic mass is 16.5. The molecule has 0 spiro atoms. The minimum Gasteiger partial charge on any atom is -0.497 e. The maximum atomic E-state index is 11.8. The number of carbonyl (C=O) groups excluding carboxylic acids is 1. The molecular formula is C20H25NO4. The van der Waals surface area contributed by atoms with Crippen molar-refractivity contribution in [3.8, 4) is 11.5 Å². The predicted molar refractivity (Wildman–Crippen MR) is 98.7 cm³/mol. The molecule has 134 valence electrons. The zero-order valence-corrected chi connectivity index (χ0v) is 15.0. The summed E-state index contributed by atoms with van der Waals surface area (Å²) in [6, 6.07) is 13.3. The lowest BCUT2D eigenvalue weighted by molar-refractivity contribution is 0.0601. The largest absolute Gasteiger partial charge is 0.497 e. The van der Waals surface area contributed by atoms with Crippen molar-refractivity contribution >= 4 is 11.7 Å². The van der Waals surface area contributed by atoms with E-state index in [1.807, 2.05) is 49.4 Å². The van der Waals surface area contributed by atoms with Crippen LogP contribution in [0.3, 0.4) is 0 Å². The van der Waals surface area contributed by atoms with Gasteiger partial charge in [-0.15, -0.1) is 0 Å². The van der Waals surface area contributed by atoms with Crippen LogP contribution in [0.1, 0.15) is 28.8 Å². The van der Waals surface area contributed by atoms with Crippen LogP contribution in [-0.4, -0.2) is 33.3 Å². The van der Waals surface area contributed by atoms with Crippen molar-refractivity contribution in [2.75, 3.05) is 32.7 Å². The summed E-state index contributed by atoms with van der Waals surface area (Å²) in [6.07, 6.45) is 1.85. The highest BCUT2D eigenvalue weighted by Gasteiger charge is 2.11. The molecular weight excluding hydrogens is 318 g/mol. The van der Waals surface area contributed by atoms with Gasteiger partial charge >= 0.3 is 5.97 Å². The number of unbranched alkanes of at least 4 members (excludes halogenated alkanes) is 1. The van der Waals surface area contributed by atoms with Gasteiger partial charge in [-0.05, 0) is 56.2 Å². The van der Waals surface area contributed by atoms with E-state index < -0.39 is 0 Å². The third-order valence-corrected chi connectivity index (χ3v) is 3.80. The smallest absolute Gasteiger partial charge is 0.339 e. The number of aryl methyl sites for hydroxylation is 1. The maximum Gasteiger partial charge on any atom is 0.339 e. The molecule has 2 aromatic carbocycles. The zero-order valence-electron chi connectivity index (χ0n) is 15.0. The van der Waals surface area contributed by atoms with Crippen molar-refractivity contribution in [2.45, 2.75) is 19.8 Å². The number of nitrogens with one attached hydrogen (secondary N) is 1. The molecule has 0 heterocycles. The van der Waals surface area contributed by atoms with Gasteiger partial charge in [0.05, 0.1) is 26.4 Å². The standard InChI is InChI=1S/C20H25NO4/c1-15-6-11-19(18(14-15)20(22)24-3)21-12-4-5-13-25-17-9-7-16(23-2)8-10-17/h6-11,14,21H,4-5,12-13H2,1-3H3. The number of hydrogen-bond donors (Lipinski definition) is 1. The molecule has 0 atom stereocenters. The van der Waals surface area contributed by atoms with Crippen LogP contribution in [0.15, 0.2) is 42.5 Å². The predicted octanol–water partition coefficient (Wildman–Crippen LogP) is 4.06. The molecule has 5 heteroatoms. The average Bonchev–Trinajstić information content (AvgIpc) is 2.65. The number of hydrogen-bond acceptors (Lipinski definition) is 5. The first kappa shape index (κ1) is 18.6. The van der Waals surface area contributed by atoms with Crippen LogP contribution in [0.25, 0.3) is 0 Å². The Morgan fingerprint density at radius 3 is 2.40 bits per heavy atom. The summed E-state index contributed by atoms with van der Waals surface area (Å²) in [6.45, 7) is 3.36. The second kappa shape index (κ2) is 9.57. The molecule has 0 bridgehead atoms. The van der Waals surface area contributed by atoms with Gasteiger partial charge in [-0.3, -0.25) is 0 Å². The van der Waals surface area contributed by atoms with Crippen LogP contribution in [0.4, 0.5) is 5.69 Å². The van der Waals surface area contributed by atoms with Gasteiger partial charge in [-0.2, -0.15) is 0 Å². The van der Waals surface area contributed by atoms with Crippen LogP contribution in [-0.2, 0) is 4.74 Å². The number of ether oxygens (including phenoxy) is 3. The lowest BCUT2D eigenvalue weighted by atomic mass is 10.1. The third kappa shape index (κ3) is 5.71. The molecule has 0 fully saturated rings. The highest BCUT2D eigenvalue weighted by Crippen LogP contribution is 2.19. The summed E-state index contributed by atoms with van der Waals surface area (Å²) >= 11 is 0. The topological polar surface area (TPSA) is 56.8 Å². The quantitative estimate of drug-likeness (QED) is 0.550. The van der Waals surface area contributed by atoms with Crippen molar-refractivity contribution in [2.24, 2.45) is 0 Å². The van der Waals surface area contributed by atoms with E-state index in [0.717, 1.165) is 42.1 Å². The number of anilines is 1. The van der Waals surface area contributed by atoms with Crippen LogP contribution < -0.4 is 14.8 Å². The van der Waals surface area contributed by atoms with Crippen molar-refractivity contribution in [1.82, 2.24) is 0 Å². The minimum atomic E-state index is -0.325. The summed E-state index contributed by atoms with van der Waals surface area (Å²) in [5, 5.41) is 3.30. The molecule has 0 saturated carbocycles. The first-order valence-corrected chi connectivity index (χ1v) is 8.33. The summed E-state index contributed by atoms with van der Waals surface area (Å²) in [5.41, 5.74) is 2.39. The summed E-state index contributed by atoms with van der Waals surface area (Å²) in [7, 11) is 3.04. The van der Waals surface area contributed by atoms with Gasteiger partial charge in [0, 0.05) is 12.2 Å². The van der Waals surface area contributed by atoms with Crippen molar-refractivity contribution < 1.29 is 19.0 Å². The molecule has 2 rings (SSSR count). The van der Waals surface area contributed by atoms with E-state index in [1.54, 1.807) is 7.11 Å². The van der Waals surface area contributed by atoms with E-state index in [2.05, 4.69) is 5.32 Å². The lowest BCUT2D eigenvalue weighted by Crippen LogP contribution is -2.10. The van der Waals surface area contributed by atoms with Gasteiger partial charge < -0.3 is 19.5 Å². The molecule has 0 saturated heterocycles. The Hall–Kier alpha value is -2.69. The van der Waals surface area contributed by atoms with E-state index in [4.69, 9.17) is 14.2 Å². The molecule has 0 aliphatic heterocycles. The van der Waals surface area contributed by atoms with Gasteiger partial charge in [0.25, 0.3) is 0 Å². The van der Waals surface area contributed by atoms with E-state index >= 15 is 0 Å². The minimum absolute atomic E-state index is 0.325. The van der Waals surface area contributed by atoms with E-state index in [9.17, 15) is 4.79 Å². The first-order chi connectivity index (χ1) is 12.1. The Kier molecular flexibility index (Phi) is 7.14. The summed E-state index contributed by atoms with van der Waals surface area (Å²) in [4.78, 5) is 11.8. The fourth-order valence-electron chi connectivity index (χ4n) is 2.40. The van der Waals surface area contributed by atoms with Crippen LogP contribution in [0.5, 0.6) is 11.5 Å². The Morgan fingerprint density at radius 2 is 1.72 bits per heavy atom. The number of esters is 1. The van der Waals surface area contributed by atoms with Gasteiger partial charge in [0.2, 0.25) is 0 Å². The van der Waals surface area contributed by atoms with Crippen LogP contribution >= 0.6 is 0 Å². The van der Waals surface area contributed by atoms with E-state index in [0.29, 0.717) is 12.2 Å². The lowest BCUT2D eigenvalue weighted by Gasteiger charge is -2.12. The molecule has 1 N–H and O–H groups in total. The first-order valence-electron chi connectivity index (χ1n) is 8.33. The molecule has 0 aromatic heterocycles. The summed E-state index contributed by atoms with van der Waals surface area (Å²) < 4.78 is 15.6. The highest BCUT2D eigenvalue weighted by molar-refractivity contribution is 5.95. The van der Waals surface area contributed by atoms with Gasteiger partial charge in [0.1, 0.15) is 11.5 Å². The Balaban J connectivity index is 1.73. The van der Waals surface area contributed by atoms with E-state index in [-0.39, 0.29) is 5.97 Å². The molecule has 0 unspecified atom stereocenters. The van der Waals surface area contributed by atoms with Gasteiger partial charge in [0.15, 0.2) is 0 Å². The van der Waals surface area contributed by atoms with Crippen LogP contribution in [0.2, 0.25) is 0 Å². The van der Waals surface area contributed by atoms with Crippen molar-refractivity contribution in [3.63, 3.8) is 0 Å². The Labute approximate surface area is 148 Å². The van der Waals surface area contributed by atoms with Gasteiger partial charge in [-0.25, -0.2) is 4.79 Å². The molecule has 2 aromatic rings. The monoisotopic (exact) mass is 343 g/mol. The Morgan fingerprint density at radius 1 is 1.00 bits per heavy atom. The number of benzene rings is 2. The van der Waals surface area contributed by atoms with Crippen LogP contribution in [0, 0.1) is 6.92 Å². The van der Waals surface area contributed by atoms with Gasteiger partial charge in [-0.1, -0.05) is 11.6 Å². The number of carbonyl (C=O) groups is 1. The SMILES string of the molecule is COC(=O)c1cc(C)ccc1NCCCCOc1ccc(OC)cc1. The Bertz CT molecular complexity index is 683. The van der Waals surface area contributed by atoms with E-state index in [1.165, 1.54) is 7.11 Å². The second-order valence-corrected chi connectivity index (χ2v) is 5.70. The number of rotatable bonds is 9. The normalized spacial score (nSPS) is 10.2. The molecule has 0 aliphatic rings. The van der Waals surface area contributed by atoms with Crippen molar-refractivity contribution in [3.05, 3.63) is 53.6 Å². The molecule has 5 nitrogen and oxygen atoms in total. The average molecular weight is 343 g/mol. The third-order valence-electron chi connectivity index (χ3n) is 3.80.